The third-order valence-corrected chi connectivity index (χ3v) is 4.70. The van der Waals surface area contributed by atoms with E-state index >= 15 is 0 Å². The number of thiophene rings is 1. The number of carbonyl (C=O) groups excluding carboxylic acids is 1. The smallest absolute Gasteiger partial charge is 0.315 e. The quantitative estimate of drug-likeness (QED) is 0.857. The maximum Gasteiger partial charge on any atom is 0.315 e. The number of hydrogen-bond acceptors (Lipinski definition) is 2. The zero-order valence-electron chi connectivity index (χ0n) is 11.8. The molecule has 0 aromatic carbocycles. The second kappa shape index (κ2) is 6.94. The summed E-state index contributed by atoms with van der Waals surface area (Å²) in [5, 5.41) is 8.31. The van der Waals surface area contributed by atoms with Gasteiger partial charge in [0.15, 0.2) is 0 Å². The van der Waals surface area contributed by atoms with Gasteiger partial charge in [0.2, 0.25) is 0 Å². The Balaban J connectivity index is 1.88. The molecule has 1 aromatic heterocycles. The zero-order chi connectivity index (χ0) is 13.7. The molecular formula is C15H24N2OS. The third kappa shape index (κ3) is 4.23. The van der Waals surface area contributed by atoms with Gasteiger partial charge in [-0.3, -0.25) is 0 Å². The van der Waals surface area contributed by atoms with E-state index in [1.54, 1.807) is 11.3 Å². The van der Waals surface area contributed by atoms with E-state index in [2.05, 4.69) is 35.9 Å². The lowest BCUT2D eigenvalue weighted by Gasteiger charge is -2.26. The van der Waals surface area contributed by atoms with Crippen LogP contribution in [-0.4, -0.2) is 12.1 Å². The van der Waals surface area contributed by atoms with E-state index in [-0.39, 0.29) is 12.1 Å². The van der Waals surface area contributed by atoms with E-state index < -0.39 is 0 Å². The van der Waals surface area contributed by atoms with Crippen LogP contribution in [0.2, 0.25) is 0 Å². The van der Waals surface area contributed by atoms with Crippen molar-refractivity contribution in [2.24, 2.45) is 5.92 Å². The van der Waals surface area contributed by atoms with Crippen molar-refractivity contribution in [3.05, 3.63) is 22.4 Å². The minimum atomic E-state index is -0.0148. The molecule has 106 valence electrons. The molecular weight excluding hydrogens is 256 g/mol. The van der Waals surface area contributed by atoms with Crippen molar-refractivity contribution in [1.29, 1.82) is 0 Å². The van der Waals surface area contributed by atoms with Crippen LogP contribution in [0, 0.1) is 5.92 Å². The van der Waals surface area contributed by atoms with Gasteiger partial charge >= 0.3 is 6.03 Å². The SMILES string of the molecule is CC(C)C(NC(=O)NC1CCCCC1)c1cccs1. The first-order valence-corrected chi connectivity index (χ1v) is 8.15. The molecule has 0 bridgehead atoms. The summed E-state index contributed by atoms with van der Waals surface area (Å²) in [5.41, 5.74) is 0. The van der Waals surface area contributed by atoms with Crippen molar-refractivity contribution in [2.75, 3.05) is 0 Å². The number of rotatable bonds is 4. The molecule has 2 rings (SSSR count). The summed E-state index contributed by atoms with van der Waals surface area (Å²) in [4.78, 5) is 13.3. The van der Waals surface area contributed by atoms with Crippen LogP contribution in [0.15, 0.2) is 17.5 Å². The average molecular weight is 280 g/mol. The van der Waals surface area contributed by atoms with Crippen LogP contribution in [0.1, 0.15) is 56.9 Å². The molecule has 0 saturated heterocycles. The van der Waals surface area contributed by atoms with Gasteiger partial charge in [-0.1, -0.05) is 39.2 Å². The number of hydrogen-bond donors (Lipinski definition) is 2. The Morgan fingerprint density at radius 1 is 1.32 bits per heavy atom. The summed E-state index contributed by atoms with van der Waals surface area (Å²) in [6.07, 6.45) is 6.04. The normalized spacial score (nSPS) is 18.3. The van der Waals surface area contributed by atoms with Crippen LogP contribution in [0.25, 0.3) is 0 Å². The van der Waals surface area contributed by atoms with Crippen molar-refractivity contribution in [2.45, 2.75) is 58.0 Å². The molecule has 0 spiro atoms. The highest BCUT2D eigenvalue weighted by molar-refractivity contribution is 7.10. The van der Waals surface area contributed by atoms with Gasteiger partial charge in [0, 0.05) is 10.9 Å². The molecule has 1 atom stereocenters. The lowest BCUT2D eigenvalue weighted by atomic mass is 9.96. The molecule has 2 amide bonds. The fourth-order valence-electron chi connectivity index (χ4n) is 2.65. The van der Waals surface area contributed by atoms with Gasteiger partial charge in [-0.05, 0) is 30.2 Å². The molecule has 1 aliphatic rings. The van der Waals surface area contributed by atoms with E-state index in [4.69, 9.17) is 0 Å². The van der Waals surface area contributed by atoms with E-state index in [9.17, 15) is 4.79 Å². The van der Waals surface area contributed by atoms with Crippen molar-refractivity contribution < 1.29 is 4.79 Å². The molecule has 1 fully saturated rings. The molecule has 2 N–H and O–H groups in total. The van der Waals surface area contributed by atoms with Crippen molar-refractivity contribution in [3.63, 3.8) is 0 Å². The van der Waals surface area contributed by atoms with Crippen molar-refractivity contribution >= 4 is 17.4 Å². The summed E-state index contributed by atoms with van der Waals surface area (Å²) in [6, 6.07) is 4.60. The fourth-order valence-corrected chi connectivity index (χ4v) is 3.60. The van der Waals surface area contributed by atoms with Gasteiger partial charge in [-0.2, -0.15) is 0 Å². The van der Waals surface area contributed by atoms with Gasteiger partial charge < -0.3 is 10.6 Å². The first-order valence-electron chi connectivity index (χ1n) is 7.27. The largest absolute Gasteiger partial charge is 0.335 e. The van der Waals surface area contributed by atoms with Gasteiger partial charge in [-0.25, -0.2) is 4.79 Å². The number of amides is 2. The predicted molar refractivity (Wildman–Crippen MR) is 80.4 cm³/mol. The first-order chi connectivity index (χ1) is 9.16. The third-order valence-electron chi connectivity index (χ3n) is 3.74. The lowest BCUT2D eigenvalue weighted by molar-refractivity contribution is 0.225. The Morgan fingerprint density at radius 3 is 2.63 bits per heavy atom. The minimum Gasteiger partial charge on any atom is -0.335 e. The van der Waals surface area contributed by atoms with E-state index in [1.807, 2.05) is 6.07 Å². The second-order valence-electron chi connectivity index (χ2n) is 5.69. The van der Waals surface area contributed by atoms with Crippen LogP contribution < -0.4 is 10.6 Å². The molecule has 1 aliphatic carbocycles. The Hall–Kier alpha value is -1.03. The van der Waals surface area contributed by atoms with E-state index in [0.29, 0.717) is 12.0 Å². The van der Waals surface area contributed by atoms with Crippen LogP contribution in [0.4, 0.5) is 4.79 Å². The monoisotopic (exact) mass is 280 g/mol. The van der Waals surface area contributed by atoms with Crippen LogP contribution in [0.3, 0.4) is 0 Å². The van der Waals surface area contributed by atoms with E-state index in [0.717, 1.165) is 12.8 Å². The number of urea groups is 1. The standard InChI is InChI=1S/C15H24N2OS/c1-11(2)14(13-9-6-10-19-13)17-15(18)16-12-7-4-3-5-8-12/h6,9-12,14H,3-5,7-8H2,1-2H3,(H2,16,17,18). The Kier molecular flexibility index (Phi) is 5.25. The van der Waals surface area contributed by atoms with E-state index in [1.165, 1.54) is 24.1 Å². The summed E-state index contributed by atoms with van der Waals surface area (Å²) >= 11 is 1.70. The van der Waals surface area contributed by atoms with Crippen molar-refractivity contribution in [1.82, 2.24) is 10.6 Å². The average Bonchev–Trinajstić information content (AvgIpc) is 2.90. The second-order valence-corrected chi connectivity index (χ2v) is 6.67. The van der Waals surface area contributed by atoms with Gasteiger partial charge in [0.25, 0.3) is 0 Å². The summed E-state index contributed by atoms with van der Waals surface area (Å²) < 4.78 is 0. The molecule has 1 aromatic rings. The number of carbonyl (C=O) groups is 1. The maximum atomic E-state index is 12.1. The fraction of sp³-hybridized carbons (Fsp3) is 0.667. The molecule has 4 heteroatoms. The number of nitrogens with one attached hydrogen (secondary N) is 2. The molecule has 1 unspecified atom stereocenters. The van der Waals surface area contributed by atoms with Crippen LogP contribution in [-0.2, 0) is 0 Å². The van der Waals surface area contributed by atoms with Gasteiger partial charge in [0.05, 0.1) is 6.04 Å². The first kappa shape index (κ1) is 14.4. The summed E-state index contributed by atoms with van der Waals surface area (Å²) in [7, 11) is 0. The Labute approximate surface area is 119 Å². The summed E-state index contributed by atoms with van der Waals surface area (Å²) in [5.74, 6) is 0.399. The lowest BCUT2D eigenvalue weighted by Crippen LogP contribution is -2.45. The molecule has 3 nitrogen and oxygen atoms in total. The highest BCUT2D eigenvalue weighted by Crippen LogP contribution is 2.25. The Bertz CT molecular complexity index is 383. The van der Waals surface area contributed by atoms with Crippen LogP contribution in [0.5, 0.6) is 0 Å². The molecule has 1 saturated carbocycles. The van der Waals surface area contributed by atoms with Crippen molar-refractivity contribution in [3.8, 4) is 0 Å². The highest BCUT2D eigenvalue weighted by Gasteiger charge is 2.21. The molecule has 1 heterocycles. The van der Waals surface area contributed by atoms with Crippen LogP contribution >= 0.6 is 11.3 Å². The topological polar surface area (TPSA) is 41.1 Å². The molecule has 19 heavy (non-hydrogen) atoms. The summed E-state index contributed by atoms with van der Waals surface area (Å²) in [6.45, 7) is 4.29. The predicted octanol–water partition coefficient (Wildman–Crippen LogP) is 4.08. The van der Waals surface area contributed by atoms with Gasteiger partial charge in [0.1, 0.15) is 0 Å². The molecule has 0 aliphatic heterocycles. The highest BCUT2D eigenvalue weighted by atomic mass is 32.1. The Morgan fingerprint density at radius 2 is 2.05 bits per heavy atom. The zero-order valence-corrected chi connectivity index (χ0v) is 12.6. The maximum absolute atomic E-state index is 12.1. The molecule has 0 radical (unpaired) electrons. The minimum absolute atomic E-state index is 0.0148. The van der Waals surface area contributed by atoms with Gasteiger partial charge in [-0.15, -0.1) is 11.3 Å².